The molecule has 1 aliphatic heterocycles. The standard InChI is InChI=1S/C22H26Cl2FN3O3S/c1-22(2,25)16-11-15(12-26-21(16)30)31-20-17(23)9-14(10-18(20)24)27-19(29)8-13-4-6-28(32-3)7-5-13/h9-13H,4-8H2,1-3H3,(H,26,30)(H,27,29). The molecule has 174 valence electrons. The van der Waals surface area contributed by atoms with Crippen molar-refractivity contribution < 1.29 is 13.9 Å². The number of alkyl halides is 1. The van der Waals surface area contributed by atoms with Crippen molar-refractivity contribution >= 4 is 46.7 Å². The Labute approximate surface area is 200 Å². The molecule has 6 nitrogen and oxygen atoms in total. The molecule has 1 aromatic heterocycles. The van der Waals surface area contributed by atoms with Crippen LogP contribution in [-0.2, 0) is 10.5 Å². The maximum absolute atomic E-state index is 14.3. The summed E-state index contributed by atoms with van der Waals surface area (Å²) in [7, 11) is 0. The number of carbonyl (C=O) groups is 1. The van der Waals surface area contributed by atoms with Crippen molar-refractivity contribution in [2.75, 3.05) is 24.7 Å². The lowest BCUT2D eigenvalue weighted by atomic mass is 9.94. The van der Waals surface area contributed by atoms with Crippen LogP contribution in [0.3, 0.4) is 0 Å². The summed E-state index contributed by atoms with van der Waals surface area (Å²) in [6.07, 6.45) is 5.78. The highest BCUT2D eigenvalue weighted by molar-refractivity contribution is 7.96. The fraction of sp³-hybridized carbons (Fsp3) is 0.455. The number of hydrogen-bond acceptors (Lipinski definition) is 5. The number of amides is 1. The molecule has 0 bridgehead atoms. The quantitative estimate of drug-likeness (QED) is 0.455. The number of nitrogens with zero attached hydrogens (tertiary/aromatic N) is 1. The molecule has 10 heteroatoms. The average molecular weight is 502 g/mol. The molecule has 2 aromatic rings. The van der Waals surface area contributed by atoms with E-state index in [-0.39, 0.29) is 33.0 Å². The van der Waals surface area contributed by atoms with Crippen LogP contribution in [0, 0.1) is 5.92 Å². The summed E-state index contributed by atoms with van der Waals surface area (Å²) in [4.78, 5) is 26.8. The third kappa shape index (κ3) is 6.41. The predicted octanol–water partition coefficient (Wildman–Crippen LogP) is 6.00. The molecule has 1 saturated heterocycles. The molecule has 2 heterocycles. The highest BCUT2D eigenvalue weighted by atomic mass is 35.5. The number of ether oxygens (including phenoxy) is 1. The Kier molecular flexibility index (Phi) is 8.14. The normalized spacial score (nSPS) is 15.6. The van der Waals surface area contributed by atoms with E-state index in [9.17, 15) is 14.0 Å². The van der Waals surface area contributed by atoms with Gasteiger partial charge in [-0.05, 0) is 57.1 Å². The number of halogens is 3. The molecule has 3 rings (SSSR count). The number of nitrogens with one attached hydrogen (secondary N) is 2. The second kappa shape index (κ2) is 10.5. The van der Waals surface area contributed by atoms with Crippen LogP contribution in [0.1, 0.15) is 38.7 Å². The van der Waals surface area contributed by atoms with Crippen LogP contribution in [0.4, 0.5) is 10.1 Å². The minimum Gasteiger partial charge on any atom is -0.453 e. The van der Waals surface area contributed by atoms with Gasteiger partial charge in [0, 0.05) is 31.4 Å². The number of pyridine rings is 1. The maximum atomic E-state index is 14.3. The van der Waals surface area contributed by atoms with Gasteiger partial charge in [0.15, 0.2) is 5.75 Å². The zero-order valence-corrected chi connectivity index (χ0v) is 20.5. The molecule has 1 aromatic carbocycles. The SMILES string of the molecule is CSN1CCC(CC(=O)Nc2cc(Cl)c(Oc3c[nH]c(=O)c(C(C)(C)F)c3)c(Cl)c2)CC1. The van der Waals surface area contributed by atoms with Crippen molar-refractivity contribution in [1.29, 1.82) is 0 Å². The average Bonchev–Trinajstić information content (AvgIpc) is 2.71. The van der Waals surface area contributed by atoms with Gasteiger partial charge < -0.3 is 15.0 Å². The first-order valence-electron chi connectivity index (χ1n) is 10.2. The minimum atomic E-state index is -1.85. The fourth-order valence-corrected chi connectivity index (χ4v) is 4.72. The van der Waals surface area contributed by atoms with Gasteiger partial charge in [-0.2, -0.15) is 0 Å². The highest BCUT2D eigenvalue weighted by Crippen LogP contribution is 2.39. The number of aromatic amines is 1. The van der Waals surface area contributed by atoms with E-state index in [1.807, 2.05) is 0 Å². The molecular formula is C22H26Cl2FN3O3S. The van der Waals surface area contributed by atoms with Gasteiger partial charge in [-0.15, -0.1) is 0 Å². The maximum Gasteiger partial charge on any atom is 0.254 e. The van der Waals surface area contributed by atoms with Crippen LogP contribution < -0.4 is 15.6 Å². The van der Waals surface area contributed by atoms with Gasteiger partial charge in [-0.3, -0.25) is 13.9 Å². The highest BCUT2D eigenvalue weighted by Gasteiger charge is 2.24. The zero-order valence-electron chi connectivity index (χ0n) is 18.1. The number of carbonyl (C=O) groups excluding carboxylic acids is 1. The van der Waals surface area contributed by atoms with E-state index in [0.717, 1.165) is 25.9 Å². The zero-order chi connectivity index (χ0) is 23.5. The lowest BCUT2D eigenvalue weighted by molar-refractivity contribution is -0.117. The Hall–Kier alpha value is -1.74. The molecule has 1 aliphatic rings. The van der Waals surface area contributed by atoms with Gasteiger partial charge in [0.05, 0.1) is 15.6 Å². The summed E-state index contributed by atoms with van der Waals surface area (Å²) >= 11 is 14.4. The summed E-state index contributed by atoms with van der Waals surface area (Å²) < 4.78 is 22.3. The van der Waals surface area contributed by atoms with Gasteiger partial charge in [-0.1, -0.05) is 35.1 Å². The van der Waals surface area contributed by atoms with Crippen LogP contribution in [0.25, 0.3) is 0 Å². The first-order chi connectivity index (χ1) is 15.1. The number of anilines is 1. The number of hydrogen-bond donors (Lipinski definition) is 2. The Balaban J connectivity index is 1.68. The lowest BCUT2D eigenvalue weighted by Gasteiger charge is -2.29. The first-order valence-corrected chi connectivity index (χ1v) is 12.2. The van der Waals surface area contributed by atoms with Crippen molar-refractivity contribution in [3.05, 3.63) is 50.4 Å². The molecule has 0 atom stereocenters. The summed E-state index contributed by atoms with van der Waals surface area (Å²) in [5.74, 6) is 0.581. The third-order valence-corrected chi connectivity index (χ3v) is 6.77. The topological polar surface area (TPSA) is 74.4 Å². The van der Waals surface area contributed by atoms with Crippen LogP contribution in [0.5, 0.6) is 11.5 Å². The van der Waals surface area contributed by atoms with Crippen molar-refractivity contribution in [3.63, 3.8) is 0 Å². The molecule has 0 unspecified atom stereocenters. The molecule has 0 radical (unpaired) electrons. The van der Waals surface area contributed by atoms with Crippen LogP contribution in [0.15, 0.2) is 29.2 Å². The summed E-state index contributed by atoms with van der Waals surface area (Å²) in [6.45, 7) is 4.53. The Morgan fingerprint density at radius 1 is 1.28 bits per heavy atom. The summed E-state index contributed by atoms with van der Waals surface area (Å²) in [5, 5.41) is 3.19. The Morgan fingerprint density at radius 2 is 1.91 bits per heavy atom. The number of rotatable bonds is 7. The van der Waals surface area contributed by atoms with Crippen LogP contribution in [-0.4, -0.2) is 34.5 Å². The smallest absolute Gasteiger partial charge is 0.254 e. The van der Waals surface area contributed by atoms with Crippen molar-refractivity contribution in [2.45, 2.75) is 38.8 Å². The monoisotopic (exact) mass is 501 g/mol. The van der Waals surface area contributed by atoms with Crippen LogP contribution >= 0.6 is 35.1 Å². The second-order valence-corrected chi connectivity index (χ2v) is 9.92. The van der Waals surface area contributed by atoms with Gasteiger partial charge in [-0.25, -0.2) is 4.39 Å². The molecule has 2 N–H and O–H groups in total. The van der Waals surface area contributed by atoms with Gasteiger partial charge in [0.25, 0.3) is 5.56 Å². The van der Waals surface area contributed by atoms with E-state index in [2.05, 4.69) is 20.9 Å². The van der Waals surface area contributed by atoms with Gasteiger partial charge >= 0.3 is 0 Å². The van der Waals surface area contributed by atoms with Crippen LogP contribution in [0.2, 0.25) is 10.0 Å². The summed E-state index contributed by atoms with van der Waals surface area (Å²) in [5.41, 5.74) is -2.00. The van der Waals surface area contributed by atoms with Crippen molar-refractivity contribution in [2.24, 2.45) is 5.92 Å². The minimum absolute atomic E-state index is 0.0745. The molecular weight excluding hydrogens is 476 g/mol. The molecule has 0 aliphatic carbocycles. The third-order valence-electron chi connectivity index (χ3n) is 5.32. The Morgan fingerprint density at radius 3 is 2.47 bits per heavy atom. The molecule has 32 heavy (non-hydrogen) atoms. The lowest BCUT2D eigenvalue weighted by Crippen LogP contribution is -2.30. The van der Waals surface area contributed by atoms with Gasteiger partial charge in [0.2, 0.25) is 5.91 Å². The number of aromatic nitrogens is 1. The van der Waals surface area contributed by atoms with Crippen molar-refractivity contribution in [3.8, 4) is 11.5 Å². The molecule has 1 fully saturated rings. The number of H-pyrrole nitrogens is 1. The van der Waals surface area contributed by atoms with E-state index in [1.54, 1.807) is 24.1 Å². The summed E-state index contributed by atoms with van der Waals surface area (Å²) in [6, 6.07) is 4.40. The fourth-order valence-electron chi connectivity index (χ4n) is 3.58. The predicted molar refractivity (Wildman–Crippen MR) is 129 cm³/mol. The van der Waals surface area contributed by atoms with E-state index in [4.69, 9.17) is 27.9 Å². The number of benzene rings is 1. The van der Waals surface area contributed by atoms with E-state index in [0.29, 0.717) is 18.0 Å². The van der Waals surface area contributed by atoms with E-state index >= 15 is 0 Å². The largest absolute Gasteiger partial charge is 0.453 e. The molecule has 1 amide bonds. The second-order valence-electron chi connectivity index (χ2n) is 8.23. The molecule has 0 saturated carbocycles. The molecule has 0 spiro atoms. The van der Waals surface area contributed by atoms with E-state index < -0.39 is 11.2 Å². The number of piperidine rings is 1. The Bertz CT molecular complexity index is 1010. The van der Waals surface area contributed by atoms with E-state index in [1.165, 1.54) is 26.1 Å². The van der Waals surface area contributed by atoms with Crippen molar-refractivity contribution in [1.82, 2.24) is 9.29 Å². The van der Waals surface area contributed by atoms with Gasteiger partial charge in [0.1, 0.15) is 11.4 Å². The first kappa shape index (κ1) is 24.9.